The quantitative estimate of drug-likeness (QED) is 0.785. The summed E-state index contributed by atoms with van der Waals surface area (Å²) >= 11 is 0. The van der Waals surface area contributed by atoms with E-state index in [1.165, 1.54) is 0 Å². The summed E-state index contributed by atoms with van der Waals surface area (Å²) in [6, 6.07) is 12.9. The third kappa shape index (κ3) is 3.29. The van der Waals surface area contributed by atoms with Crippen LogP contribution in [0.15, 0.2) is 54.9 Å². The Morgan fingerprint density at radius 3 is 2.43 bits per heavy atom. The number of benzene rings is 2. The van der Waals surface area contributed by atoms with Gasteiger partial charge in [0, 0.05) is 30.6 Å². The molecular formula is C18H18N2O3. The highest BCUT2D eigenvalue weighted by Gasteiger charge is 2.10. The fraction of sp³-hybridized carbons (Fsp3) is 0.167. The molecule has 0 unspecified atom stereocenters. The van der Waals surface area contributed by atoms with Crippen LogP contribution in [0.3, 0.4) is 0 Å². The van der Waals surface area contributed by atoms with Gasteiger partial charge in [-0.3, -0.25) is 0 Å². The van der Waals surface area contributed by atoms with Crippen LogP contribution in [0, 0.1) is 0 Å². The SMILES string of the molecule is COc1cc(OC)cc(-c2nccn2Cc2cccc(O)c2)c1. The lowest BCUT2D eigenvalue weighted by molar-refractivity contribution is 0.394. The Morgan fingerprint density at radius 2 is 1.78 bits per heavy atom. The predicted molar refractivity (Wildman–Crippen MR) is 88.0 cm³/mol. The number of nitrogens with zero attached hydrogens (tertiary/aromatic N) is 2. The molecule has 5 nitrogen and oxygen atoms in total. The second-order valence-corrected chi connectivity index (χ2v) is 5.15. The monoisotopic (exact) mass is 310 g/mol. The summed E-state index contributed by atoms with van der Waals surface area (Å²) in [5.74, 6) is 2.50. The normalized spacial score (nSPS) is 10.5. The third-order valence-electron chi connectivity index (χ3n) is 3.59. The van der Waals surface area contributed by atoms with E-state index in [4.69, 9.17) is 9.47 Å². The van der Waals surface area contributed by atoms with Crippen LogP contribution in [0.4, 0.5) is 0 Å². The fourth-order valence-electron chi connectivity index (χ4n) is 2.49. The van der Waals surface area contributed by atoms with Gasteiger partial charge in [-0.05, 0) is 29.8 Å². The molecule has 1 N–H and O–H groups in total. The number of rotatable bonds is 5. The molecule has 1 aromatic heterocycles. The highest BCUT2D eigenvalue weighted by Crippen LogP contribution is 2.29. The number of aromatic hydroxyl groups is 1. The van der Waals surface area contributed by atoms with Crippen molar-refractivity contribution in [2.75, 3.05) is 14.2 Å². The van der Waals surface area contributed by atoms with Crippen molar-refractivity contribution in [3.63, 3.8) is 0 Å². The molecule has 0 radical (unpaired) electrons. The number of aromatic nitrogens is 2. The van der Waals surface area contributed by atoms with Crippen molar-refractivity contribution >= 4 is 0 Å². The fourth-order valence-corrected chi connectivity index (χ4v) is 2.49. The van der Waals surface area contributed by atoms with Crippen molar-refractivity contribution in [3.05, 3.63) is 60.4 Å². The number of phenolic OH excluding ortho intramolecular Hbond substituents is 1. The summed E-state index contributed by atoms with van der Waals surface area (Å²) in [5.41, 5.74) is 1.91. The van der Waals surface area contributed by atoms with E-state index in [9.17, 15) is 5.11 Å². The molecule has 0 bridgehead atoms. The predicted octanol–water partition coefficient (Wildman–Crippen LogP) is 3.32. The van der Waals surface area contributed by atoms with Gasteiger partial charge in [-0.25, -0.2) is 4.98 Å². The average Bonchev–Trinajstić information content (AvgIpc) is 3.02. The summed E-state index contributed by atoms with van der Waals surface area (Å²) in [7, 11) is 3.25. The standard InChI is InChI=1S/C18H18N2O3/c1-22-16-9-14(10-17(11-16)23-2)18-19-6-7-20(18)12-13-4-3-5-15(21)8-13/h3-11,21H,12H2,1-2H3. The largest absolute Gasteiger partial charge is 0.508 e. The summed E-state index contributed by atoms with van der Waals surface area (Å²) in [5, 5.41) is 9.61. The second kappa shape index (κ2) is 6.44. The van der Waals surface area contributed by atoms with E-state index in [0.717, 1.165) is 17.0 Å². The number of phenols is 1. The van der Waals surface area contributed by atoms with Gasteiger partial charge in [0.1, 0.15) is 23.1 Å². The van der Waals surface area contributed by atoms with Gasteiger partial charge in [0.2, 0.25) is 0 Å². The lowest BCUT2D eigenvalue weighted by atomic mass is 10.1. The molecule has 5 heteroatoms. The molecule has 118 valence electrons. The lowest BCUT2D eigenvalue weighted by Crippen LogP contribution is -2.01. The van der Waals surface area contributed by atoms with Crippen molar-refractivity contribution < 1.29 is 14.6 Å². The Hall–Kier alpha value is -2.95. The van der Waals surface area contributed by atoms with Crippen LogP contribution in [0.5, 0.6) is 17.2 Å². The van der Waals surface area contributed by atoms with Crippen LogP contribution in [0.1, 0.15) is 5.56 Å². The molecule has 0 amide bonds. The zero-order valence-corrected chi connectivity index (χ0v) is 13.1. The van der Waals surface area contributed by atoms with E-state index in [1.807, 2.05) is 41.1 Å². The minimum absolute atomic E-state index is 0.257. The highest BCUT2D eigenvalue weighted by atomic mass is 16.5. The van der Waals surface area contributed by atoms with Crippen molar-refractivity contribution in [3.8, 4) is 28.6 Å². The molecule has 3 rings (SSSR count). The van der Waals surface area contributed by atoms with Crippen LogP contribution >= 0.6 is 0 Å². The molecule has 0 saturated carbocycles. The van der Waals surface area contributed by atoms with Crippen LogP contribution in [0.2, 0.25) is 0 Å². The van der Waals surface area contributed by atoms with E-state index in [-0.39, 0.29) is 5.75 Å². The van der Waals surface area contributed by atoms with Gasteiger partial charge < -0.3 is 19.1 Å². The van der Waals surface area contributed by atoms with E-state index < -0.39 is 0 Å². The first-order valence-corrected chi connectivity index (χ1v) is 7.22. The van der Waals surface area contributed by atoms with Crippen molar-refractivity contribution in [2.45, 2.75) is 6.54 Å². The maximum Gasteiger partial charge on any atom is 0.140 e. The van der Waals surface area contributed by atoms with Gasteiger partial charge in [0.15, 0.2) is 0 Å². The summed E-state index contributed by atoms with van der Waals surface area (Å²) in [6.45, 7) is 0.614. The minimum atomic E-state index is 0.257. The second-order valence-electron chi connectivity index (χ2n) is 5.15. The van der Waals surface area contributed by atoms with Crippen LogP contribution in [-0.4, -0.2) is 28.9 Å². The van der Waals surface area contributed by atoms with Gasteiger partial charge in [-0.15, -0.1) is 0 Å². The first kappa shape index (κ1) is 15.0. The Balaban J connectivity index is 1.97. The average molecular weight is 310 g/mol. The smallest absolute Gasteiger partial charge is 0.140 e. The Labute approximate surface area is 134 Å². The zero-order chi connectivity index (χ0) is 16.2. The molecule has 2 aromatic carbocycles. The Morgan fingerprint density at radius 1 is 1.04 bits per heavy atom. The summed E-state index contributed by atoms with van der Waals surface area (Å²) in [6.07, 6.45) is 3.66. The number of imidazole rings is 1. The number of ether oxygens (including phenoxy) is 2. The van der Waals surface area contributed by atoms with E-state index in [0.29, 0.717) is 18.0 Å². The first-order valence-electron chi connectivity index (χ1n) is 7.22. The van der Waals surface area contributed by atoms with Crippen molar-refractivity contribution in [1.82, 2.24) is 9.55 Å². The third-order valence-corrected chi connectivity index (χ3v) is 3.59. The van der Waals surface area contributed by atoms with E-state index >= 15 is 0 Å². The molecule has 0 saturated heterocycles. The van der Waals surface area contributed by atoms with Crippen LogP contribution < -0.4 is 9.47 Å². The van der Waals surface area contributed by atoms with Crippen LogP contribution in [0.25, 0.3) is 11.4 Å². The molecule has 0 aliphatic carbocycles. The molecular weight excluding hydrogens is 292 g/mol. The number of hydrogen-bond acceptors (Lipinski definition) is 4. The maximum atomic E-state index is 9.61. The van der Waals surface area contributed by atoms with Crippen molar-refractivity contribution in [1.29, 1.82) is 0 Å². The van der Waals surface area contributed by atoms with Gasteiger partial charge in [-0.2, -0.15) is 0 Å². The highest BCUT2D eigenvalue weighted by molar-refractivity contribution is 5.61. The van der Waals surface area contributed by atoms with Gasteiger partial charge in [0.25, 0.3) is 0 Å². The van der Waals surface area contributed by atoms with Gasteiger partial charge in [0.05, 0.1) is 14.2 Å². The molecule has 0 atom stereocenters. The first-order chi connectivity index (χ1) is 11.2. The zero-order valence-electron chi connectivity index (χ0n) is 13.1. The van der Waals surface area contributed by atoms with E-state index in [1.54, 1.807) is 32.5 Å². The Bertz CT molecular complexity index is 789. The molecule has 0 aliphatic rings. The molecule has 1 heterocycles. The molecule has 3 aromatic rings. The van der Waals surface area contributed by atoms with Crippen molar-refractivity contribution in [2.24, 2.45) is 0 Å². The lowest BCUT2D eigenvalue weighted by Gasteiger charge is -2.11. The summed E-state index contributed by atoms with van der Waals surface area (Å²) < 4.78 is 12.7. The summed E-state index contributed by atoms with van der Waals surface area (Å²) in [4.78, 5) is 4.45. The number of methoxy groups -OCH3 is 2. The molecule has 0 fully saturated rings. The minimum Gasteiger partial charge on any atom is -0.508 e. The van der Waals surface area contributed by atoms with E-state index in [2.05, 4.69) is 4.98 Å². The maximum absolute atomic E-state index is 9.61. The van der Waals surface area contributed by atoms with Gasteiger partial charge in [-0.1, -0.05) is 12.1 Å². The molecule has 23 heavy (non-hydrogen) atoms. The molecule has 0 spiro atoms. The topological polar surface area (TPSA) is 56.5 Å². The Kier molecular flexibility index (Phi) is 4.19. The number of hydrogen-bond donors (Lipinski definition) is 1. The van der Waals surface area contributed by atoms with Crippen LogP contribution in [-0.2, 0) is 6.54 Å². The van der Waals surface area contributed by atoms with Gasteiger partial charge >= 0.3 is 0 Å². The molecule has 0 aliphatic heterocycles.